The first kappa shape index (κ1) is 18.0. The van der Waals surface area contributed by atoms with Gasteiger partial charge in [0.15, 0.2) is 5.96 Å². The number of rotatable bonds is 3. The van der Waals surface area contributed by atoms with Crippen molar-refractivity contribution in [2.45, 2.75) is 53.0 Å². The zero-order chi connectivity index (χ0) is 14.9. The molecule has 1 N–H and O–H groups in total. The average molecular weight is 434 g/mol. The van der Waals surface area contributed by atoms with Crippen molar-refractivity contribution in [3.63, 3.8) is 0 Å². The Labute approximate surface area is 154 Å². The fourth-order valence-electron chi connectivity index (χ4n) is 3.49. The highest BCUT2D eigenvalue weighted by Crippen LogP contribution is 2.47. The maximum Gasteiger partial charge on any atom is 0.194 e. The molecule has 22 heavy (non-hydrogen) atoms. The Morgan fingerprint density at radius 1 is 1.36 bits per heavy atom. The van der Waals surface area contributed by atoms with Gasteiger partial charge in [0.05, 0.1) is 17.2 Å². The van der Waals surface area contributed by atoms with E-state index in [1.807, 2.05) is 0 Å². The second-order valence-corrected chi connectivity index (χ2v) is 7.72. The van der Waals surface area contributed by atoms with Crippen LogP contribution in [0.4, 0.5) is 0 Å². The SMILES string of the molecule is CCNC(=NCc1sc(C)nc1C)N1CCC2(CCC2)C1.I. The normalized spacial score (nSPS) is 20.0. The van der Waals surface area contributed by atoms with E-state index in [9.17, 15) is 0 Å². The molecule has 0 radical (unpaired) electrons. The van der Waals surface area contributed by atoms with E-state index in [2.05, 4.69) is 36.0 Å². The summed E-state index contributed by atoms with van der Waals surface area (Å²) in [6.07, 6.45) is 5.59. The van der Waals surface area contributed by atoms with E-state index in [1.54, 1.807) is 11.3 Å². The van der Waals surface area contributed by atoms with Gasteiger partial charge in [-0.25, -0.2) is 9.98 Å². The minimum atomic E-state index is 0. The molecule has 1 aliphatic heterocycles. The number of halogens is 1. The molecular weight excluding hydrogens is 407 g/mol. The van der Waals surface area contributed by atoms with Gasteiger partial charge >= 0.3 is 0 Å². The summed E-state index contributed by atoms with van der Waals surface area (Å²) in [5, 5.41) is 4.60. The van der Waals surface area contributed by atoms with Gasteiger partial charge in [-0.2, -0.15) is 0 Å². The number of thiazole rings is 1. The first-order valence-electron chi connectivity index (χ1n) is 8.08. The molecule has 1 aromatic rings. The molecule has 1 spiro atoms. The van der Waals surface area contributed by atoms with Crippen molar-refractivity contribution in [1.29, 1.82) is 0 Å². The summed E-state index contributed by atoms with van der Waals surface area (Å²) in [6, 6.07) is 0. The minimum absolute atomic E-state index is 0. The van der Waals surface area contributed by atoms with Crippen LogP contribution in [0.1, 0.15) is 48.2 Å². The molecule has 1 aliphatic carbocycles. The second-order valence-electron chi connectivity index (χ2n) is 6.44. The van der Waals surface area contributed by atoms with Crippen LogP contribution in [0.3, 0.4) is 0 Å². The van der Waals surface area contributed by atoms with E-state index in [1.165, 1.54) is 37.1 Å². The van der Waals surface area contributed by atoms with Gasteiger partial charge < -0.3 is 10.2 Å². The van der Waals surface area contributed by atoms with Crippen LogP contribution in [-0.4, -0.2) is 35.5 Å². The van der Waals surface area contributed by atoms with E-state index < -0.39 is 0 Å². The van der Waals surface area contributed by atoms with Crippen molar-refractivity contribution in [2.75, 3.05) is 19.6 Å². The lowest BCUT2D eigenvalue weighted by Gasteiger charge is -2.38. The third-order valence-electron chi connectivity index (χ3n) is 4.86. The molecule has 1 aromatic heterocycles. The molecule has 0 bridgehead atoms. The summed E-state index contributed by atoms with van der Waals surface area (Å²) in [6.45, 7) is 10.3. The number of nitrogens with one attached hydrogen (secondary N) is 1. The van der Waals surface area contributed by atoms with Crippen LogP contribution in [-0.2, 0) is 6.54 Å². The molecule has 0 aromatic carbocycles. The Kier molecular flexibility index (Phi) is 6.10. The molecule has 0 amide bonds. The van der Waals surface area contributed by atoms with Crippen molar-refractivity contribution in [2.24, 2.45) is 10.4 Å². The number of aliphatic imine (C=N–C) groups is 1. The predicted octanol–water partition coefficient (Wildman–Crippen LogP) is 3.72. The first-order chi connectivity index (χ1) is 10.1. The molecule has 124 valence electrons. The van der Waals surface area contributed by atoms with E-state index >= 15 is 0 Å². The number of nitrogens with zero attached hydrogens (tertiary/aromatic N) is 3. The molecule has 1 saturated carbocycles. The van der Waals surface area contributed by atoms with Crippen LogP contribution < -0.4 is 5.32 Å². The summed E-state index contributed by atoms with van der Waals surface area (Å²) in [5.41, 5.74) is 1.75. The topological polar surface area (TPSA) is 40.5 Å². The Bertz CT molecular complexity index is 536. The van der Waals surface area contributed by atoms with Crippen molar-refractivity contribution < 1.29 is 0 Å². The summed E-state index contributed by atoms with van der Waals surface area (Å²) >= 11 is 1.77. The average Bonchev–Trinajstić information content (AvgIpc) is 2.98. The van der Waals surface area contributed by atoms with Gasteiger partial charge in [0.1, 0.15) is 0 Å². The van der Waals surface area contributed by atoms with Gasteiger partial charge in [-0.1, -0.05) is 6.42 Å². The maximum atomic E-state index is 4.87. The monoisotopic (exact) mass is 434 g/mol. The zero-order valence-corrected chi connectivity index (χ0v) is 17.0. The Hall–Kier alpha value is -0.370. The fourth-order valence-corrected chi connectivity index (χ4v) is 4.36. The lowest BCUT2D eigenvalue weighted by molar-refractivity contribution is 0.151. The summed E-state index contributed by atoms with van der Waals surface area (Å²) in [5.74, 6) is 1.09. The van der Waals surface area contributed by atoms with Gasteiger partial charge in [-0.15, -0.1) is 35.3 Å². The number of guanidine groups is 1. The molecule has 0 atom stereocenters. The Morgan fingerprint density at radius 3 is 2.64 bits per heavy atom. The van der Waals surface area contributed by atoms with Crippen molar-refractivity contribution >= 4 is 41.3 Å². The summed E-state index contributed by atoms with van der Waals surface area (Å²) in [7, 11) is 0. The summed E-state index contributed by atoms with van der Waals surface area (Å²) < 4.78 is 0. The highest BCUT2D eigenvalue weighted by atomic mass is 127. The first-order valence-corrected chi connectivity index (χ1v) is 8.90. The fraction of sp³-hybridized carbons (Fsp3) is 0.750. The molecule has 6 heteroatoms. The van der Waals surface area contributed by atoms with Gasteiger partial charge in [0, 0.05) is 24.5 Å². The molecule has 2 heterocycles. The highest BCUT2D eigenvalue weighted by molar-refractivity contribution is 14.0. The van der Waals surface area contributed by atoms with Gasteiger partial charge in [-0.05, 0) is 45.4 Å². The highest BCUT2D eigenvalue weighted by Gasteiger charge is 2.43. The van der Waals surface area contributed by atoms with Gasteiger partial charge in [0.2, 0.25) is 0 Å². The molecule has 4 nitrogen and oxygen atoms in total. The molecule has 1 saturated heterocycles. The van der Waals surface area contributed by atoms with Crippen molar-refractivity contribution in [3.8, 4) is 0 Å². The number of aromatic nitrogens is 1. The van der Waals surface area contributed by atoms with E-state index in [0.29, 0.717) is 5.41 Å². The van der Waals surface area contributed by atoms with E-state index in [0.717, 1.165) is 36.3 Å². The van der Waals surface area contributed by atoms with Crippen molar-refractivity contribution in [3.05, 3.63) is 15.6 Å². The second kappa shape index (κ2) is 7.47. The Morgan fingerprint density at radius 2 is 2.14 bits per heavy atom. The molecule has 3 rings (SSSR count). The molecular formula is C16H27IN4S. The Balaban J connectivity index is 0.00000176. The molecule has 0 unspecified atom stereocenters. The summed E-state index contributed by atoms with van der Waals surface area (Å²) in [4.78, 5) is 13.1. The molecule has 2 aliphatic rings. The lowest BCUT2D eigenvalue weighted by atomic mass is 9.68. The number of hydrogen-bond donors (Lipinski definition) is 1. The van der Waals surface area contributed by atoms with Crippen LogP contribution in [0.15, 0.2) is 4.99 Å². The standard InChI is InChI=1S/C16H26N4S.HI/c1-4-17-15(18-10-14-12(2)19-13(3)21-14)20-9-8-16(11-20)6-5-7-16;/h4-11H2,1-3H3,(H,17,18);1H. The lowest BCUT2D eigenvalue weighted by Crippen LogP contribution is -2.42. The largest absolute Gasteiger partial charge is 0.357 e. The van der Waals surface area contributed by atoms with Crippen LogP contribution in [0.2, 0.25) is 0 Å². The predicted molar refractivity (Wildman–Crippen MR) is 104 cm³/mol. The zero-order valence-electron chi connectivity index (χ0n) is 13.8. The third-order valence-corrected chi connectivity index (χ3v) is 5.92. The number of aryl methyl sites for hydroxylation is 2. The van der Waals surface area contributed by atoms with Crippen LogP contribution in [0, 0.1) is 19.3 Å². The maximum absolute atomic E-state index is 4.87. The van der Waals surface area contributed by atoms with Crippen LogP contribution in [0.25, 0.3) is 0 Å². The number of hydrogen-bond acceptors (Lipinski definition) is 3. The molecule has 2 fully saturated rings. The van der Waals surface area contributed by atoms with Gasteiger partial charge in [0.25, 0.3) is 0 Å². The smallest absolute Gasteiger partial charge is 0.194 e. The van der Waals surface area contributed by atoms with Crippen LogP contribution >= 0.6 is 35.3 Å². The van der Waals surface area contributed by atoms with E-state index in [4.69, 9.17) is 4.99 Å². The number of likely N-dealkylation sites (tertiary alicyclic amines) is 1. The van der Waals surface area contributed by atoms with Gasteiger partial charge in [-0.3, -0.25) is 0 Å². The quantitative estimate of drug-likeness (QED) is 0.448. The van der Waals surface area contributed by atoms with E-state index in [-0.39, 0.29) is 24.0 Å². The third kappa shape index (κ3) is 3.75. The minimum Gasteiger partial charge on any atom is -0.357 e. The van der Waals surface area contributed by atoms with Crippen molar-refractivity contribution in [1.82, 2.24) is 15.2 Å². The van der Waals surface area contributed by atoms with Crippen LogP contribution in [0.5, 0.6) is 0 Å².